The summed E-state index contributed by atoms with van der Waals surface area (Å²) >= 11 is 1.86. The van der Waals surface area contributed by atoms with Gasteiger partial charge in [0.05, 0.1) is 27.8 Å². The fourth-order valence-electron chi connectivity index (χ4n) is 10.9. The van der Waals surface area contributed by atoms with E-state index in [2.05, 4.69) is 264 Å². The maximum Gasteiger partial charge on any atom is 0.0547 e. The van der Waals surface area contributed by atoms with Crippen LogP contribution in [0.3, 0.4) is 0 Å². The molecule has 14 rings (SSSR count). The molecule has 0 amide bonds. The molecular weight excluding hydrogens is 853 g/mol. The molecule has 2 nitrogen and oxygen atoms in total. The van der Waals surface area contributed by atoms with Gasteiger partial charge in [-0.25, -0.2) is 0 Å². The average Bonchev–Trinajstić information content (AvgIpc) is 4.08. The summed E-state index contributed by atoms with van der Waals surface area (Å²) in [6.07, 6.45) is 0. The van der Waals surface area contributed by atoms with Gasteiger partial charge >= 0.3 is 0 Å². The number of hydrogen-bond acceptors (Lipinski definition) is 1. The van der Waals surface area contributed by atoms with Crippen LogP contribution in [-0.2, 0) is 0 Å². The minimum Gasteiger partial charge on any atom is -0.309 e. The van der Waals surface area contributed by atoms with Crippen molar-refractivity contribution in [1.82, 2.24) is 9.13 Å². The van der Waals surface area contributed by atoms with Crippen molar-refractivity contribution in [2.45, 2.75) is 0 Å². The molecule has 0 saturated heterocycles. The first-order chi connectivity index (χ1) is 34.2. The molecule has 0 bridgehead atoms. The van der Waals surface area contributed by atoms with E-state index < -0.39 is 0 Å². The van der Waals surface area contributed by atoms with Crippen molar-refractivity contribution in [3.63, 3.8) is 0 Å². The smallest absolute Gasteiger partial charge is 0.0547 e. The SMILES string of the molecule is c1ccc(-c2cccc(-n3c4ccc(-c5ccc6c(c5)c5ccccc5n6-c5cc(-c6ccc7sc8ccccc8c7c6)ccc5-c5ccccc5)cc4c4c(-c5ccccc5)cccc43)c2)cc1. The molecule has 69 heavy (non-hydrogen) atoms. The van der Waals surface area contributed by atoms with Gasteiger partial charge in [0.2, 0.25) is 0 Å². The van der Waals surface area contributed by atoms with Crippen LogP contribution in [-0.4, -0.2) is 9.13 Å². The lowest BCUT2D eigenvalue weighted by Gasteiger charge is -2.16. The Labute approximate surface area is 403 Å². The van der Waals surface area contributed by atoms with Gasteiger partial charge in [0.15, 0.2) is 0 Å². The Hall–Kier alpha value is -8.76. The molecule has 322 valence electrons. The first-order valence-corrected chi connectivity index (χ1v) is 24.5. The van der Waals surface area contributed by atoms with Gasteiger partial charge in [-0.05, 0) is 123 Å². The molecule has 0 spiro atoms. The monoisotopic (exact) mass is 894 g/mol. The first kappa shape index (κ1) is 39.4. The quantitative estimate of drug-likeness (QED) is 0.151. The van der Waals surface area contributed by atoms with Crippen LogP contribution in [0.2, 0.25) is 0 Å². The maximum atomic E-state index is 2.49. The van der Waals surface area contributed by atoms with Crippen molar-refractivity contribution >= 4 is 75.1 Å². The van der Waals surface area contributed by atoms with Gasteiger partial charge in [0.1, 0.15) is 0 Å². The Bertz CT molecular complexity index is 4290. The van der Waals surface area contributed by atoms with E-state index in [-0.39, 0.29) is 0 Å². The van der Waals surface area contributed by atoms with Crippen LogP contribution < -0.4 is 0 Å². The predicted octanol–water partition coefficient (Wildman–Crippen LogP) is 18.6. The topological polar surface area (TPSA) is 9.86 Å². The Morgan fingerprint density at radius 1 is 0.246 bits per heavy atom. The highest BCUT2D eigenvalue weighted by Gasteiger charge is 2.21. The van der Waals surface area contributed by atoms with Crippen molar-refractivity contribution in [2.24, 2.45) is 0 Å². The number of para-hydroxylation sites is 1. The Morgan fingerprint density at radius 3 is 1.52 bits per heavy atom. The van der Waals surface area contributed by atoms with Gasteiger partial charge in [-0.2, -0.15) is 0 Å². The van der Waals surface area contributed by atoms with E-state index in [4.69, 9.17) is 0 Å². The summed E-state index contributed by atoms with van der Waals surface area (Å²) in [6.45, 7) is 0. The second-order valence-corrected chi connectivity index (χ2v) is 19.1. The largest absolute Gasteiger partial charge is 0.309 e. The van der Waals surface area contributed by atoms with Crippen molar-refractivity contribution in [3.8, 4) is 67.0 Å². The maximum absolute atomic E-state index is 2.49. The fraction of sp³-hybridized carbons (Fsp3) is 0. The highest BCUT2D eigenvalue weighted by atomic mass is 32.1. The summed E-state index contributed by atoms with van der Waals surface area (Å²) in [5.74, 6) is 0. The molecule has 0 aliphatic heterocycles. The second-order valence-electron chi connectivity index (χ2n) is 18.0. The number of benzene rings is 11. The minimum absolute atomic E-state index is 1.14. The molecule has 0 atom stereocenters. The first-order valence-electron chi connectivity index (χ1n) is 23.7. The fourth-order valence-corrected chi connectivity index (χ4v) is 12.0. The number of thiophene rings is 1. The van der Waals surface area contributed by atoms with Crippen molar-refractivity contribution in [3.05, 3.63) is 255 Å². The normalized spacial score (nSPS) is 11.8. The molecule has 0 unspecified atom stereocenters. The highest BCUT2D eigenvalue weighted by Crippen LogP contribution is 2.44. The molecule has 11 aromatic carbocycles. The zero-order chi connectivity index (χ0) is 45.4. The van der Waals surface area contributed by atoms with Gasteiger partial charge in [0, 0.05) is 53.0 Å². The summed E-state index contributed by atoms with van der Waals surface area (Å²) in [4.78, 5) is 0. The minimum atomic E-state index is 1.14. The number of fused-ring (bicyclic) bond motifs is 9. The van der Waals surface area contributed by atoms with Crippen LogP contribution in [0.4, 0.5) is 0 Å². The molecule has 0 saturated carbocycles. The molecule has 0 aliphatic carbocycles. The summed E-state index contributed by atoms with van der Waals surface area (Å²) in [6, 6.07) is 93.8. The molecule has 3 heteroatoms. The zero-order valence-electron chi connectivity index (χ0n) is 37.6. The summed E-state index contributed by atoms with van der Waals surface area (Å²) in [5.41, 5.74) is 19.0. The lowest BCUT2D eigenvalue weighted by Crippen LogP contribution is -1.98. The average molecular weight is 895 g/mol. The van der Waals surface area contributed by atoms with Gasteiger partial charge < -0.3 is 9.13 Å². The van der Waals surface area contributed by atoms with Crippen LogP contribution in [0.25, 0.3) is 131 Å². The third kappa shape index (κ3) is 6.47. The lowest BCUT2D eigenvalue weighted by molar-refractivity contribution is 1.18. The number of hydrogen-bond donors (Lipinski definition) is 0. The Balaban J connectivity index is 0.961. The van der Waals surface area contributed by atoms with Gasteiger partial charge in [0.25, 0.3) is 0 Å². The predicted molar refractivity (Wildman–Crippen MR) is 295 cm³/mol. The summed E-state index contributed by atoms with van der Waals surface area (Å²) in [7, 11) is 0. The van der Waals surface area contributed by atoms with Crippen molar-refractivity contribution in [2.75, 3.05) is 0 Å². The standard InChI is InChI=1S/C66H42N2S/c1-4-16-43(17-5-1)46-22-14-23-51(38-46)67-61-36-32-48(41-58(61)66-53(26-15-28-62(66)67)45-20-8-3-9-21-45)47-31-35-60-56(39-47)54-24-10-12-27-59(54)68(60)63-42-50(30-34-52(63)44-18-6-2-7-19-44)49-33-37-65-57(40-49)55-25-11-13-29-64(55)69-65/h1-42H. The van der Waals surface area contributed by atoms with Crippen molar-refractivity contribution in [1.29, 1.82) is 0 Å². The van der Waals surface area contributed by atoms with Crippen LogP contribution >= 0.6 is 11.3 Å². The molecule has 3 heterocycles. The van der Waals surface area contributed by atoms with Crippen LogP contribution in [0.5, 0.6) is 0 Å². The van der Waals surface area contributed by atoms with Crippen LogP contribution in [0.15, 0.2) is 255 Å². The molecule has 3 aromatic heterocycles. The van der Waals surface area contributed by atoms with E-state index in [1.807, 2.05) is 11.3 Å². The van der Waals surface area contributed by atoms with E-state index in [1.165, 1.54) is 119 Å². The highest BCUT2D eigenvalue weighted by molar-refractivity contribution is 7.25. The third-order valence-electron chi connectivity index (χ3n) is 14.1. The lowest BCUT2D eigenvalue weighted by atomic mass is 9.96. The van der Waals surface area contributed by atoms with Crippen LogP contribution in [0, 0.1) is 0 Å². The zero-order valence-corrected chi connectivity index (χ0v) is 38.4. The molecule has 0 N–H and O–H groups in total. The van der Waals surface area contributed by atoms with E-state index >= 15 is 0 Å². The van der Waals surface area contributed by atoms with Gasteiger partial charge in [-0.15, -0.1) is 11.3 Å². The van der Waals surface area contributed by atoms with Crippen LogP contribution in [0.1, 0.15) is 0 Å². The summed E-state index contributed by atoms with van der Waals surface area (Å²) < 4.78 is 7.58. The van der Waals surface area contributed by atoms with E-state index in [0.29, 0.717) is 0 Å². The summed E-state index contributed by atoms with van der Waals surface area (Å²) in [5, 5.41) is 7.56. The molecular formula is C66H42N2S. The molecule has 0 aliphatic rings. The van der Waals surface area contributed by atoms with Gasteiger partial charge in [-0.3, -0.25) is 0 Å². The van der Waals surface area contributed by atoms with E-state index in [9.17, 15) is 0 Å². The van der Waals surface area contributed by atoms with Gasteiger partial charge in [-0.1, -0.05) is 182 Å². The number of nitrogens with zero attached hydrogens (tertiary/aromatic N) is 2. The van der Waals surface area contributed by atoms with E-state index in [1.54, 1.807) is 0 Å². The third-order valence-corrected chi connectivity index (χ3v) is 15.3. The van der Waals surface area contributed by atoms with E-state index in [0.717, 1.165) is 11.4 Å². The number of rotatable bonds is 7. The number of aromatic nitrogens is 2. The van der Waals surface area contributed by atoms with Crippen molar-refractivity contribution < 1.29 is 0 Å². The second kappa shape index (κ2) is 16.0. The molecule has 0 fully saturated rings. The molecule has 0 radical (unpaired) electrons. The Kier molecular flexibility index (Phi) is 9.11. The molecule has 14 aromatic rings. The Morgan fingerprint density at radius 2 is 0.754 bits per heavy atom.